The molecule has 138 valence electrons. The molecule has 2 aliphatic rings. The minimum Gasteiger partial charge on any atom is -0.379 e. The van der Waals surface area contributed by atoms with E-state index in [1.165, 1.54) is 0 Å². The molecule has 2 amide bonds. The quantitative estimate of drug-likeness (QED) is 0.662. The van der Waals surface area contributed by atoms with Crippen molar-refractivity contribution in [1.29, 1.82) is 0 Å². The molecule has 2 heterocycles. The van der Waals surface area contributed by atoms with Crippen LogP contribution in [0.4, 0.5) is 0 Å². The third-order valence-corrected chi connectivity index (χ3v) is 5.48. The predicted molar refractivity (Wildman–Crippen MR) is 92.4 cm³/mol. The first-order valence-electron chi connectivity index (χ1n) is 8.95. The maximum Gasteiger partial charge on any atom is 0.225 e. The molecule has 2 rings (SSSR count). The highest BCUT2D eigenvalue weighted by molar-refractivity contribution is 5.89. The Hall–Kier alpha value is -1.18. The molecule has 7 heteroatoms. The number of rotatable bonds is 7. The van der Waals surface area contributed by atoms with E-state index in [1.807, 2.05) is 25.7 Å². The Balaban J connectivity index is 1.83. The van der Waals surface area contributed by atoms with Gasteiger partial charge in [-0.1, -0.05) is 13.8 Å². The van der Waals surface area contributed by atoms with E-state index in [-0.39, 0.29) is 23.7 Å². The minimum atomic E-state index is -0.429. The summed E-state index contributed by atoms with van der Waals surface area (Å²) in [6.07, 6.45) is 0.299. The van der Waals surface area contributed by atoms with Gasteiger partial charge in [0.2, 0.25) is 11.8 Å². The fourth-order valence-corrected chi connectivity index (χ4v) is 3.07. The molecule has 0 saturated carbocycles. The monoisotopic (exact) mass is 340 g/mol. The molecule has 0 spiro atoms. The van der Waals surface area contributed by atoms with Crippen molar-refractivity contribution in [2.75, 3.05) is 52.5 Å². The lowest BCUT2D eigenvalue weighted by Gasteiger charge is -2.34. The zero-order valence-corrected chi connectivity index (χ0v) is 15.2. The van der Waals surface area contributed by atoms with E-state index < -0.39 is 5.54 Å². The Morgan fingerprint density at radius 2 is 2.04 bits per heavy atom. The molecule has 2 saturated heterocycles. The number of nitrogens with zero attached hydrogens (tertiary/aromatic N) is 2. The second-order valence-electron chi connectivity index (χ2n) is 7.46. The van der Waals surface area contributed by atoms with Crippen LogP contribution in [-0.4, -0.2) is 79.6 Å². The minimum absolute atomic E-state index is 0.0566. The lowest BCUT2D eigenvalue weighted by Crippen LogP contribution is -2.56. The normalized spacial score (nSPS) is 25.1. The van der Waals surface area contributed by atoms with Crippen LogP contribution < -0.4 is 11.1 Å². The smallest absolute Gasteiger partial charge is 0.225 e. The average molecular weight is 340 g/mol. The number of morpholine rings is 1. The van der Waals surface area contributed by atoms with Crippen molar-refractivity contribution < 1.29 is 14.3 Å². The summed E-state index contributed by atoms with van der Waals surface area (Å²) in [5.74, 6) is -0.0194. The average Bonchev–Trinajstić information content (AvgIpc) is 2.94. The summed E-state index contributed by atoms with van der Waals surface area (Å²) in [7, 11) is 0. The van der Waals surface area contributed by atoms with Crippen LogP contribution in [0.15, 0.2) is 0 Å². The number of nitrogens with two attached hydrogens (primary N) is 1. The Kier molecular flexibility index (Phi) is 6.60. The van der Waals surface area contributed by atoms with E-state index in [2.05, 4.69) is 10.2 Å². The van der Waals surface area contributed by atoms with Crippen LogP contribution in [0.3, 0.4) is 0 Å². The fraction of sp³-hybridized carbons (Fsp3) is 0.882. The summed E-state index contributed by atoms with van der Waals surface area (Å²) < 4.78 is 5.33. The Morgan fingerprint density at radius 1 is 1.38 bits per heavy atom. The topological polar surface area (TPSA) is 87.9 Å². The molecule has 2 atom stereocenters. The highest BCUT2D eigenvalue weighted by Crippen LogP contribution is 2.21. The SMILES string of the molecule is CC(C)C(C)(CN)NC(=O)C1CC(=O)N(CCN2CCOCC2)C1. The molecule has 0 aromatic rings. The molecule has 2 unspecified atom stereocenters. The molecule has 0 aromatic carbocycles. The first-order chi connectivity index (χ1) is 11.4. The number of carbonyl (C=O) groups excluding carboxylic acids is 2. The summed E-state index contributed by atoms with van der Waals surface area (Å²) in [6, 6.07) is 0. The number of nitrogens with one attached hydrogen (secondary N) is 1. The van der Waals surface area contributed by atoms with E-state index in [4.69, 9.17) is 10.5 Å². The van der Waals surface area contributed by atoms with Crippen molar-refractivity contribution >= 4 is 11.8 Å². The van der Waals surface area contributed by atoms with Crippen LogP contribution in [0.1, 0.15) is 27.2 Å². The summed E-state index contributed by atoms with van der Waals surface area (Å²) in [5, 5.41) is 3.06. The van der Waals surface area contributed by atoms with Gasteiger partial charge < -0.3 is 20.7 Å². The van der Waals surface area contributed by atoms with Crippen LogP contribution in [0.2, 0.25) is 0 Å². The van der Waals surface area contributed by atoms with Crippen LogP contribution in [0.5, 0.6) is 0 Å². The van der Waals surface area contributed by atoms with Crippen LogP contribution in [0, 0.1) is 11.8 Å². The number of amides is 2. The maximum atomic E-state index is 12.5. The summed E-state index contributed by atoms with van der Waals surface area (Å²) in [6.45, 7) is 11.8. The second kappa shape index (κ2) is 8.27. The van der Waals surface area contributed by atoms with Crippen molar-refractivity contribution in [3.05, 3.63) is 0 Å². The van der Waals surface area contributed by atoms with E-state index in [0.29, 0.717) is 26.1 Å². The largest absolute Gasteiger partial charge is 0.379 e. The number of likely N-dealkylation sites (tertiary alicyclic amines) is 1. The van der Waals surface area contributed by atoms with Gasteiger partial charge in [-0.3, -0.25) is 14.5 Å². The molecule has 0 aromatic heterocycles. The van der Waals surface area contributed by atoms with Gasteiger partial charge in [-0.05, 0) is 12.8 Å². The summed E-state index contributed by atoms with van der Waals surface area (Å²) >= 11 is 0. The molecular formula is C17H32N4O3. The van der Waals surface area contributed by atoms with Crippen molar-refractivity contribution in [3.8, 4) is 0 Å². The van der Waals surface area contributed by atoms with E-state index in [9.17, 15) is 9.59 Å². The first kappa shape index (κ1) is 19.1. The predicted octanol–water partition coefficient (Wildman–Crippen LogP) is -0.343. The zero-order valence-electron chi connectivity index (χ0n) is 15.2. The van der Waals surface area contributed by atoms with Crippen LogP contribution >= 0.6 is 0 Å². The van der Waals surface area contributed by atoms with E-state index in [1.54, 1.807) is 0 Å². The van der Waals surface area contributed by atoms with Gasteiger partial charge in [0, 0.05) is 45.7 Å². The Labute approximate surface area is 144 Å². The van der Waals surface area contributed by atoms with Crippen LogP contribution in [-0.2, 0) is 14.3 Å². The molecule has 3 N–H and O–H groups in total. The molecular weight excluding hydrogens is 308 g/mol. The van der Waals surface area contributed by atoms with Gasteiger partial charge in [-0.2, -0.15) is 0 Å². The van der Waals surface area contributed by atoms with Gasteiger partial charge >= 0.3 is 0 Å². The zero-order chi connectivity index (χ0) is 17.7. The molecule has 24 heavy (non-hydrogen) atoms. The molecule has 2 aliphatic heterocycles. The number of hydrogen-bond acceptors (Lipinski definition) is 5. The first-order valence-corrected chi connectivity index (χ1v) is 8.95. The van der Waals surface area contributed by atoms with Crippen LogP contribution in [0.25, 0.3) is 0 Å². The number of carbonyl (C=O) groups is 2. The molecule has 2 fully saturated rings. The highest BCUT2D eigenvalue weighted by atomic mass is 16.5. The molecule has 0 aliphatic carbocycles. The standard InChI is InChI=1S/C17H32N4O3/c1-13(2)17(3,12-18)19-16(23)14-10-15(22)21(11-14)5-4-20-6-8-24-9-7-20/h13-14H,4-12,18H2,1-3H3,(H,19,23). The van der Waals surface area contributed by atoms with Gasteiger partial charge in [-0.15, -0.1) is 0 Å². The maximum absolute atomic E-state index is 12.5. The van der Waals surface area contributed by atoms with E-state index in [0.717, 1.165) is 32.8 Å². The lowest BCUT2D eigenvalue weighted by molar-refractivity contribution is -0.129. The van der Waals surface area contributed by atoms with Gasteiger partial charge in [0.15, 0.2) is 0 Å². The van der Waals surface area contributed by atoms with Gasteiger partial charge in [-0.25, -0.2) is 0 Å². The molecule has 0 bridgehead atoms. The Morgan fingerprint density at radius 3 is 2.62 bits per heavy atom. The number of ether oxygens (including phenoxy) is 1. The van der Waals surface area contributed by atoms with Gasteiger partial charge in [0.05, 0.1) is 24.7 Å². The second-order valence-corrected chi connectivity index (χ2v) is 7.46. The Bertz CT molecular complexity index is 451. The molecule has 7 nitrogen and oxygen atoms in total. The third-order valence-electron chi connectivity index (χ3n) is 5.48. The highest BCUT2D eigenvalue weighted by Gasteiger charge is 2.37. The fourth-order valence-electron chi connectivity index (χ4n) is 3.07. The number of hydrogen-bond donors (Lipinski definition) is 2. The van der Waals surface area contributed by atoms with Crippen molar-refractivity contribution in [2.45, 2.75) is 32.7 Å². The third kappa shape index (κ3) is 4.68. The van der Waals surface area contributed by atoms with Crippen molar-refractivity contribution in [1.82, 2.24) is 15.1 Å². The molecule has 0 radical (unpaired) electrons. The summed E-state index contributed by atoms with van der Waals surface area (Å²) in [5.41, 5.74) is 5.40. The van der Waals surface area contributed by atoms with Crippen molar-refractivity contribution in [3.63, 3.8) is 0 Å². The van der Waals surface area contributed by atoms with E-state index >= 15 is 0 Å². The van der Waals surface area contributed by atoms with Gasteiger partial charge in [0.25, 0.3) is 0 Å². The summed E-state index contributed by atoms with van der Waals surface area (Å²) in [4.78, 5) is 28.9. The van der Waals surface area contributed by atoms with Gasteiger partial charge in [0.1, 0.15) is 0 Å². The lowest BCUT2D eigenvalue weighted by atomic mass is 9.87. The van der Waals surface area contributed by atoms with Crippen molar-refractivity contribution in [2.24, 2.45) is 17.6 Å².